The number of carbonyl (C=O) groups excluding carboxylic acids is 1. The molecule has 1 N–H and O–H groups in total. The minimum atomic E-state index is -0.845. The van der Waals surface area contributed by atoms with Crippen molar-refractivity contribution in [3.63, 3.8) is 0 Å². The van der Waals surface area contributed by atoms with Gasteiger partial charge in [-0.05, 0) is 30.9 Å². The van der Waals surface area contributed by atoms with E-state index in [1.165, 1.54) is 0 Å². The summed E-state index contributed by atoms with van der Waals surface area (Å²) in [6.45, 7) is 9.55. The zero-order chi connectivity index (χ0) is 13.0. The lowest BCUT2D eigenvalue weighted by molar-refractivity contribution is -0.121. The van der Waals surface area contributed by atoms with Crippen LogP contribution in [0.4, 0.5) is 5.69 Å². The largest absolute Gasteiger partial charge is 0.319 e. The van der Waals surface area contributed by atoms with E-state index in [0.29, 0.717) is 18.8 Å². The van der Waals surface area contributed by atoms with Gasteiger partial charge in [0.05, 0.1) is 0 Å². The molecular weight excluding hydrogens is 224 g/mol. The third-order valence-corrected chi connectivity index (χ3v) is 3.77. The summed E-state index contributed by atoms with van der Waals surface area (Å²) < 4.78 is 0. The van der Waals surface area contributed by atoms with Gasteiger partial charge >= 0.3 is 11.4 Å². The second-order valence-electron chi connectivity index (χ2n) is 5.15. The van der Waals surface area contributed by atoms with Gasteiger partial charge in [-0.25, -0.2) is 6.57 Å². The van der Waals surface area contributed by atoms with Crippen molar-refractivity contribution in [1.29, 1.82) is 0 Å². The molecule has 1 saturated carbocycles. The molecule has 1 amide bonds. The summed E-state index contributed by atoms with van der Waals surface area (Å²) in [4.78, 5) is 15.9. The highest BCUT2D eigenvalue weighted by Crippen LogP contribution is 2.35. The van der Waals surface area contributed by atoms with E-state index in [1.807, 2.05) is 30.3 Å². The summed E-state index contributed by atoms with van der Waals surface area (Å²) in [7, 11) is 0. The predicted molar refractivity (Wildman–Crippen MR) is 72.0 cm³/mol. The first-order valence-corrected chi connectivity index (χ1v) is 6.41. The fraction of sp³-hybridized carbons (Fsp3) is 0.467. The molecule has 0 saturated heterocycles. The van der Waals surface area contributed by atoms with Gasteiger partial charge in [-0.2, -0.15) is 0 Å². The van der Waals surface area contributed by atoms with Crippen LogP contribution >= 0.6 is 0 Å². The van der Waals surface area contributed by atoms with E-state index < -0.39 is 5.54 Å². The third kappa shape index (κ3) is 2.53. The van der Waals surface area contributed by atoms with E-state index in [1.54, 1.807) is 0 Å². The average Bonchev–Trinajstić information content (AvgIpc) is 2.41. The topological polar surface area (TPSA) is 33.5 Å². The van der Waals surface area contributed by atoms with E-state index >= 15 is 0 Å². The van der Waals surface area contributed by atoms with Crippen LogP contribution in [0.5, 0.6) is 0 Å². The standard InChI is InChI=1S/C15H18N2O/c1-12-8-10-15(16-2,11-9-12)14(18)17-13-6-4-3-5-7-13/h3-7,12H,8-11H2,1H3,(H,17,18). The number of nitrogens with zero attached hydrogens (tertiary/aromatic N) is 1. The molecule has 0 atom stereocenters. The Labute approximate surface area is 108 Å². The second-order valence-corrected chi connectivity index (χ2v) is 5.15. The molecule has 0 unspecified atom stereocenters. The third-order valence-electron chi connectivity index (χ3n) is 3.77. The fourth-order valence-corrected chi connectivity index (χ4v) is 2.40. The van der Waals surface area contributed by atoms with Crippen LogP contribution in [0, 0.1) is 12.5 Å². The van der Waals surface area contributed by atoms with E-state index in [-0.39, 0.29) is 5.91 Å². The van der Waals surface area contributed by atoms with E-state index in [4.69, 9.17) is 6.57 Å². The molecule has 94 valence electrons. The number of para-hydroxylation sites is 1. The van der Waals surface area contributed by atoms with Gasteiger partial charge in [-0.15, -0.1) is 0 Å². The lowest BCUT2D eigenvalue weighted by Gasteiger charge is -2.28. The maximum atomic E-state index is 12.3. The molecule has 0 aliphatic heterocycles. The molecule has 1 aromatic rings. The number of nitrogens with one attached hydrogen (secondary N) is 1. The Hall–Kier alpha value is -1.82. The zero-order valence-electron chi connectivity index (χ0n) is 10.6. The Bertz CT molecular complexity index is 453. The summed E-state index contributed by atoms with van der Waals surface area (Å²) in [5, 5.41) is 2.87. The number of benzene rings is 1. The Balaban J connectivity index is 2.09. The van der Waals surface area contributed by atoms with Crippen LogP contribution in [0.3, 0.4) is 0 Å². The van der Waals surface area contributed by atoms with Crippen LogP contribution in [-0.2, 0) is 4.79 Å². The average molecular weight is 242 g/mol. The molecule has 1 aromatic carbocycles. The van der Waals surface area contributed by atoms with Crippen LogP contribution < -0.4 is 5.32 Å². The van der Waals surface area contributed by atoms with Gasteiger partial charge in [0.25, 0.3) is 0 Å². The molecule has 1 fully saturated rings. The quantitative estimate of drug-likeness (QED) is 0.791. The van der Waals surface area contributed by atoms with Crippen molar-refractivity contribution in [2.24, 2.45) is 5.92 Å². The minimum absolute atomic E-state index is 0.143. The van der Waals surface area contributed by atoms with Gasteiger partial charge < -0.3 is 5.32 Å². The molecule has 0 aromatic heterocycles. The summed E-state index contributed by atoms with van der Waals surface area (Å²) in [6, 6.07) is 9.36. The van der Waals surface area contributed by atoms with Crippen molar-refractivity contribution in [1.82, 2.24) is 0 Å². The number of amides is 1. The van der Waals surface area contributed by atoms with Gasteiger partial charge in [0.15, 0.2) is 0 Å². The lowest BCUT2D eigenvalue weighted by atomic mass is 9.77. The Morgan fingerprint density at radius 3 is 2.50 bits per heavy atom. The molecule has 0 spiro atoms. The Morgan fingerprint density at radius 1 is 1.33 bits per heavy atom. The second kappa shape index (κ2) is 5.22. The molecule has 0 bridgehead atoms. The fourth-order valence-electron chi connectivity index (χ4n) is 2.40. The molecule has 18 heavy (non-hydrogen) atoms. The first kappa shape index (κ1) is 12.6. The van der Waals surface area contributed by atoms with Gasteiger partial charge in [0, 0.05) is 18.5 Å². The van der Waals surface area contributed by atoms with E-state index in [0.717, 1.165) is 18.5 Å². The lowest BCUT2D eigenvalue weighted by Crippen LogP contribution is -2.42. The van der Waals surface area contributed by atoms with Crippen molar-refractivity contribution in [3.05, 3.63) is 41.7 Å². The summed E-state index contributed by atoms with van der Waals surface area (Å²) in [5.74, 6) is 0.486. The maximum absolute atomic E-state index is 12.3. The summed E-state index contributed by atoms with van der Waals surface area (Å²) in [5.41, 5.74) is -0.0772. The van der Waals surface area contributed by atoms with E-state index in [9.17, 15) is 4.79 Å². The Morgan fingerprint density at radius 2 is 1.94 bits per heavy atom. The Kier molecular flexibility index (Phi) is 3.66. The first-order chi connectivity index (χ1) is 8.66. The maximum Gasteiger partial charge on any atom is 0.310 e. The summed E-state index contributed by atoms with van der Waals surface area (Å²) >= 11 is 0. The minimum Gasteiger partial charge on any atom is -0.319 e. The predicted octanol–water partition coefficient (Wildman–Crippen LogP) is 3.49. The molecule has 3 heteroatoms. The van der Waals surface area contributed by atoms with Gasteiger partial charge in [-0.1, -0.05) is 25.1 Å². The van der Waals surface area contributed by atoms with Gasteiger partial charge in [-0.3, -0.25) is 9.64 Å². The molecule has 2 rings (SSSR count). The van der Waals surface area contributed by atoms with Crippen LogP contribution in [0.15, 0.2) is 30.3 Å². The van der Waals surface area contributed by atoms with Gasteiger partial charge in [0.1, 0.15) is 0 Å². The van der Waals surface area contributed by atoms with Crippen LogP contribution in [-0.4, -0.2) is 11.4 Å². The smallest absolute Gasteiger partial charge is 0.310 e. The van der Waals surface area contributed by atoms with Crippen LogP contribution in [0.25, 0.3) is 4.85 Å². The molecule has 0 radical (unpaired) electrons. The molecular formula is C15H18N2O. The van der Waals surface area contributed by atoms with E-state index in [2.05, 4.69) is 17.1 Å². The number of hydrogen-bond donors (Lipinski definition) is 1. The first-order valence-electron chi connectivity index (χ1n) is 6.41. The number of hydrogen-bond acceptors (Lipinski definition) is 1. The van der Waals surface area contributed by atoms with Crippen molar-refractivity contribution < 1.29 is 4.79 Å². The zero-order valence-corrected chi connectivity index (χ0v) is 10.6. The van der Waals surface area contributed by atoms with Crippen molar-refractivity contribution in [2.45, 2.75) is 38.1 Å². The van der Waals surface area contributed by atoms with Gasteiger partial charge in [0.2, 0.25) is 0 Å². The highest BCUT2D eigenvalue weighted by molar-refractivity contribution is 5.99. The highest BCUT2D eigenvalue weighted by atomic mass is 16.2. The molecule has 1 aliphatic rings. The number of anilines is 1. The van der Waals surface area contributed by atoms with Crippen molar-refractivity contribution >= 4 is 11.6 Å². The normalized spacial score (nSPS) is 27.2. The highest BCUT2D eigenvalue weighted by Gasteiger charge is 2.47. The summed E-state index contributed by atoms with van der Waals surface area (Å²) in [6.07, 6.45) is 3.28. The van der Waals surface area contributed by atoms with Crippen LogP contribution in [0.2, 0.25) is 0 Å². The SMILES string of the molecule is [C-]#[N+]C1(C(=O)Nc2ccccc2)CCC(C)CC1. The number of carbonyl (C=O) groups is 1. The van der Waals surface area contributed by atoms with Crippen molar-refractivity contribution in [3.8, 4) is 0 Å². The molecule has 1 aliphatic carbocycles. The molecule has 0 heterocycles. The van der Waals surface area contributed by atoms with Crippen LogP contribution in [0.1, 0.15) is 32.6 Å². The number of rotatable bonds is 2. The van der Waals surface area contributed by atoms with Crippen molar-refractivity contribution in [2.75, 3.05) is 5.32 Å². The monoisotopic (exact) mass is 242 g/mol. The molecule has 3 nitrogen and oxygen atoms in total.